The van der Waals surface area contributed by atoms with Gasteiger partial charge in [-0.25, -0.2) is 17.8 Å². The van der Waals surface area contributed by atoms with Gasteiger partial charge in [-0.2, -0.15) is 5.10 Å². The van der Waals surface area contributed by atoms with Crippen LogP contribution in [0.4, 0.5) is 0 Å². The number of hydrogen-bond acceptors (Lipinski definition) is 4. The third-order valence-corrected chi connectivity index (χ3v) is 5.45. The first-order valence-corrected chi connectivity index (χ1v) is 10.6. The molecular formula is C17H21ClN4O3S. The number of piperidine rings is 1. The van der Waals surface area contributed by atoms with Crippen molar-refractivity contribution in [2.45, 2.75) is 12.8 Å². The summed E-state index contributed by atoms with van der Waals surface area (Å²) >= 11 is 6.17. The standard InChI is InChI=1S/C17H21ClN4O3S/c1-26(24,25)19-12-13-6-9-21(10-7-13)17(23)15-8-11-22(20-15)16-5-3-2-4-14(16)18/h2-5,8,11,13,19H,6-7,9-10,12H2,1H3. The highest BCUT2D eigenvalue weighted by Crippen LogP contribution is 2.21. The summed E-state index contributed by atoms with van der Waals surface area (Å²) in [6, 6.07) is 8.99. The highest BCUT2D eigenvalue weighted by Gasteiger charge is 2.25. The van der Waals surface area contributed by atoms with Crippen molar-refractivity contribution in [3.63, 3.8) is 0 Å². The first-order chi connectivity index (χ1) is 12.3. The molecule has 1 aliphatic rings. The van der Waals surface area contributed by atoms with E-state index >= 15 is 0 Å². The number of halogens is 1. The Morgan fingerprint density at radius 2 is 1.96 bits per heavy atom. The molecule has 1 aliphatic heterocycles. The topological polar surface area (TPSA) is 84.3 Å². The average Bonchev–Trinajstić information content (AvgIpc) is 3.09. The number of sulfonamides is 1. The monoisotopic (exact) mass is 396 g/mol. The number of benzene rings is 1. The Morgan fingerprint density at radius 3 is 2.62 bits per heavy atom. The third-order valence-electron chi connectivity index (χ3n) is 4.44. The molecule has 1 amide bonds. The quantitative estimate of drug-likeness (QED) is 0.836. The lowest BCUT2D eigenvalue weighted by molar-refractivity contribution is 0.0685. The van der Waals surface area contributed by atoms with Gasteiger partial charge in [-0.3, -0.25) is 4.79 Å². The van der Waals surface area contributed by atoms with Crippen molar-refractivity contribution in [2.24, 2.45) is 5.92 Å². The fourth-order valence-electron chi connectivity index (χ4n) is 2.98. The maximum Gasteiger partial charge on any atom is 0.274 e. The van der Waals surface area contributed by atoms with E-state index in [1.165, 1.54) is 0 Å². The number of aromatic nitrogens is 2. The summed E-state index contributed by atoms with van der Waals surface area (Å²) < 4.78 is 26.5. The number of nitrogens with zero attached hydrogens (tertiary/aromatic N) is 3. The Balaban J connectivity index is 1.60. The van der Waals surface area contributed by atoms with Crippen LogP contribution in [0.15, 0.2) is 36.5 Å². The van der Waals surface area contributed by atoms with E-state index in [2.05, 4.69) is 9.82 Å². The van der Waals surface area contributed by atoms with Crippen molar-refractivity contribution < 1.29 is 13.2 Å². The summed E-state index contributed by atoms with van der Waals surface area (Å²) in [5.74, 6) is 0.125. The maximum atomic E-state index is 12.7. The fraction of sp³-hybridized carbons (Fsp3) is 0.412. The molecule has 140 valence electrons. The van der Waals surface area contributed by atoms with Crippen molar-refractivity contribution in [1.29, 1.82) is 0 Å². The van der Waals surface area contributed by atoms with Gasteiger partial charge in [0, 0.05) is 25.8 Å². The minimum absolute atomic E-state index is 0.120. The number of amides is 1. The lowest BCUT2D eigenvalue weighted by Gasteiger charge is -2.31. The van der Waals surface area contributed by atoms with Gasteiger partial charge in [0.05, 0.1) is 17.0 Å². The SMILES string of the molecule is CS(=O)(=O)NCC1CCN(C(=O)c2ccn(-c3ccccc3Cl)n2)CC1. The van der Waals surface area contributed by atoms with Crippen LogP contribution in [0, 0.1) is 5.92 Å². The molecule has 1 saturated heterocycles. The van der Waals surface area contributed by atoms with Crippen LogP contribution >= 0.6 is 11.6 Å². The van der Waals surface area contributed by atoms with Crippen molar-refractivity contribution in [3.05, 3.63) is 47.2 Å². The molecule has 0 unspecified atom stereocenters. The summed E-state index contributed by atoms with van der Waals surface area (Å²) in [4.78, 5) is 14.4. The van der Waals surface area contributed by atoms with Gasteiger partial charge >= 0.3 is 0 Å². The Morgan fingerprint density at radius 1 is 1.27 bits per heavy atom. The zero-order valence-corrected chi connectivity index (χ0v) is 16.0. The van der Waals surface area contributed by atoms with Crippen LogP contribution in [-0.4, -0.2) is 54.9 Å². The van der Waals surface area contributed by atoms with E-state index in [9.17, 15) is 13.2 Å². The second-order valence-electron chi connectivity index (χ2n) is 6.45. The van der Waals surface area contributed by atoms with Crippen LogP contribution < -0.4 is 4.72 Å². The Labute approximate surface area is 158 Å². The predicted octanol–water partition coefficient (Wildman–Crippen LogP) is 1.93. The third kappa shape index (κ3) is 4.63. The number of rotatable bonds is 5. The van der Waals surface area contributed by atoms with E-state index in [0.29, 0.717) is 30.4 Å². The molecular weight excluding hydrogens is 376 g/mol. The molecule has 7 nitrogen and oxygen atoms in total. The molecule has 3 rings (SSSR count). The van der Waals surface area contributed by atoms with Crippen molar-refractivity contribution in [1.82, 2.24) is 19.4 Å². The summed E-state index contributed by atoms with van der Waals surface area (Å²) in [6.07, 6.45) is 4.40. The number of nitrogens with one attached hydrogen (secondary N) is 1. The Hall–Kier alpha value is -1.90. The minimum Gasteiger partial charge on any atom is -0.337 e. The Bertz CT molecular complexity index is 889. The molecule has 2 heterocycles. The maximum absolute atomic E-state index is 12.7. The van der Waals surface area contributed by atoms with Gasteiger partial charge in [-0.15, -0.1) is 0 Å². The first-order valence-electron chi connectivity index (χ1n) is 8.38. The van der Waals surface area contributed by atoms with E-state index in [4.69, 9.17) is 11.6 Å². The smallest absolute Gasteiger partial charge is 0.274 e. The highest BCUT2D eigenvalue weighted by molar-refractivity contribution is 7.88. The van der Waals surface area contributed by atoms with Crippen molar-refractivity contribution in [3.8, 4) is 5.69 Å². The molecule has 0 bridgehead atoms. The number of para-hydroxylation sites is 1. The largest absolute Gasteiger partial charge is 0.337 e. The minimum atomic E-state index is -3.18. The zero-order valence-electron chi connectivity index (χ0n) is 14.4. The van der Waals surface area contributed by atoms with Crippen LogP contribution in [0.25, 0.3) is 5.69 Å². The number of carbonyl (C=O) groups excluding carboxylic acids is 1. The van der Waals surface area contributed by atoms with Crippen molar-refractivity contribution in [2.75, 3.05) is 25.9 Å². The summed E-state index contributed by atoms with van der Waals surface area (Å²) in [7, 11) is -3.18. The van der Waals surface area contributed by atoms with Crippen LogP contribution in [0.3, 0.4) is 0 Å². The van der Waals surface area contributed by atoms with Gasteiger partial charge in [0.1, 0.15) is 0 Å². The zero-order chi connectivity index (χ0) is 18.7. The van der Waals surface area contributed by atoms with Crippen LogP contribution in [-0.2, 0) is 10.0 Å². The molecule has 0 radical (unpaired) electrons. The molecule has 1 aromatic heterocycles. The van der Waals surface area contributed by atoms with Gasteiger partial charge in [0.25, 0.3) is 5.91 Å². The molecule has 0 aliphatic carbocycles. The molecule has 0 saturated carbocycles. The molecule has 0 spiro atoms. The lowest BCUT2D eigenvalue weighted by atomic mass is 9.97. The van der Waals surface area contributed by atoms with Gasteiger partial charge in [0.2, 0.25) is 10.0 Å². The van der Waals surface area contributed by atoms with Crippen molar-refractivity contribution >= 4 is 27.5 Å². The fourth-order valence-corrected chi connectivity index (χ4v) is 3.74. The molecule has 0 atom stereocenters. The lowest BCUT2D eigenvalue weighted by Crippen LogP contribution is -2.41. The van der Waals surface area contributed by atoms with E-state index in [1.54, 1.807) is 27.9 Å². The molecule has 9 heteroatoms. The molecule has 2 aromatic rings. The molecule has 26 heavy (non-hydrogen) atoms. The van der Waals surface area contributed by atoms with Gasteiger partial charge in [0.15, 0.2) is 5.69 Å². The van der Waals surface area contributed by atoms with Crippen LogP contribution in [0.5, 0.6) is 0 Å². The second-order valence-corrected chi connectivity index (χ2v) is 8.69. The predicted molar refractivity (Wildman–Crippen MR) is 100 cm³/mol. The second kappa shape index (κ2) is 7.77. The molecule has 1 fully saturated rings. The molecule has 1 N–H and O–H groups in total. The average molecular weight is 397 g/mol. The van der Waals surface area contributed by atoms with E-state index in [-0.39, 0.29) is 11.8 Å². The van der Waals surface area contributed by atoms with E-state index in [1.807, 2.05) is 18.2 Å². The normalized spacial score (nSPS) is 16.0. The first kappa shape index (κ1) is 18.9. The summed E-state index contributed by atoms with van der Waals surface area (Å²) in [5.41, 5.74) is 1.09. The summed E-state index contributed by atoms with van der Waals surface area (Å²) in [5, 5.41) is 4.92. The van der Waals surface area contributed by atoms with E-state index in [0.717, 1.165) is 24.8 Å². The van der Waals surface area contributed by atoms with Gasteiger partial charge < -0.3 is 4.90 Å². The van der Waals surface area contributed by atoms with Crippen LogP contribution in [0.1, 0.15) is 23.3 Å². The van der Waals surface area contributed by atoms with E-state index < -0.39 is 10.0 Å². The van der Waals surface area contributed by atoms with Gasteiger partial charge in [-0.05, 0) is 37.0 Å². The number of carbonyl (C=O) groups is 1. The highest BCUT2D eigenvalue weighted by atomic mass is 35.5. The van der Waals surface area contributed by atoms with Crippen LogP contribution in [0.2, 0.25) is 5.02 Å². The Kier molecular flexibility index (Phi) is 5.64. The molecule has 1 aromatic carbocycles. The summed E-state index contributed by atoms with van der Waals surface area (Å²) in [6.45, 7) is 1.60. The number of hydrogen-bond donors (Lipinski definition) is 1. The number of likely N-dealkylation sites (tertiary alicyclic amines) is 1. The van der Waals surface area contributed by atoms with Gasteiger partial charge in [-0.1, -0.05) is 23.7 Å².